The van der Waals surface area contributed by atoms with E-state index in [1.807, 2.05) is 25.1 Å². The monoisotopic (exact) mass is 438 g/mol. The van der Waals surface area contributed by atoms with Gasteiger partial charge in [-0.25, -0.2) is 4.39 Å². The molecular weight excluding hydrogens is 410 g/mol. The average Bonchev–Trinajstić information content (AvgIpc) is 2.71. The van der Waals surface area contributed by atoms with Gasteiger partial charge in [-0.15, -0.1) is 0 Å². The standard InChI is InChI=1S/C22H29ClFN2O2P/c1-5-26(6-2)11-12-28-20-10-8-17(13-15(20)3)25(4)22(27)18-9-7-16(21(24)29)14-19(18)23/h7-10,13-14,21H,5-6,11-12,29H2,1-4H3. The highest BCUT2D eigenvalue weighted by atomic mass is 35.5. The molecule has 0 aliphatic rings. The summed E-state index contributed by atoms with van der Waals surface area (Å²) in [6.07, 6.45) is 0. The Morgan fingerprint density at radius 3 is 2.45 bits per heavy atom. The van der Waals surface area contributed by atoms with Gasteiger partial charge in [0.05, 0.1) is 10.6 Å². The van der Waals surface area contributed by atoms with Gasteiger partial charge in [0.1, 0.15) is 18.3 Å². The third kappa shape index (κ3) is 6.15. The van der Waals surface area contributed by atoms with Gasteiger partial charge < -0.3 is 14.5 Å². The fraction of sp³-hybridized carbons (Fsp3) is 0.409. The van der Waals surface area contributed by atoms with Gasteiger partial charge in [0.15, 0.2) is 0 Å². The van der Waals surface area contributed by atoms with E-state index in [0.717, 1.165) is 36.6 Å². The minimum absolute atomic E-state index is 0.234. The van der Waals surface area contributed by atoms with Crippen LogP contribution in [0.1, 0.15) is 41.2 Å². The molecule has 2 atom stereocenters. The Kier molecular flexibility index (Phi) is 8.88. The number of aryl methyl sites for hydroxylation is 1. The Morgan fingerprint density at radius 1 is 1.21 bits per heavy atom. The lowest BCUT2D eigenvalue weighted by Crippen LogP contribution is -2.28. The van der Waals surface area contributed by atoms with Crippen LogP contribution in [-0.4, -0.2) is 44.1 Å². The maximum absolute atomic E-state index is 13.4. The molecule has 2 rings (SSSR count). The maximum atomic E-state index is 13.4. The van der Waals surface area contributed by atoms with Gasteiger partial charge in [-0.05, 0) is 61.5 Å². The van der Waals surface area contributed by atoms with Crippen LogP contribution in [0.3, 0.4) is 0 Å². The summed E-state index contributed by atoms with van der Waals surface area (Å²) >= 11 is 6.22. The molecule has 0 aromatic heterocycles. The second-order valence-corrected chi connectivity index (χ2v) is 7.82. The molecule has 0 radical (unpaired) electrons. The van der Waals surface area contributed by atoms with Crippen LogP contribution >= 0.6 is 20.8 Å². The Labute approximate surface area is 180 Å². The number of rotatable bonds is 9. The number of benzene rings is 2. The van der Waals surface area contributed by atoms with Crippen molar-refractivity contribution in [2.75, 3.05) is 38.2 Å². The highest BCUT2D eigenvalue weighted by Gasteiger charge is 2.18. The van der Waals surface area contributed by atoms with E-state index in [1.54, 1.807) is 19.2 Å². The van der Waals surface area contributed by atoms with Crippen molar-refractivity contribution in [1.82, 2.24) is 4.90 Å². The quantitative estimate of drug-likeness (QED) is 0.485. The third-order valence-corrected chi connectivity index (χ3v) is 5.65. The van der Waals surface area contributed by atoms with Gasteiger partial charge in [-0.3, -0.25) is 4.79 Å². The number of halogens is 2. The number of amides is 1. The molecular formula is C22H29ClFN2O2P. The summed E-state index contributed by atoms with van der Waals surface area (Å²) in [5.74, 6) is -0.666. The SMILES string of the molecule is CCN(CC)CCOc1ccc(N(C)C(=O)c2ccc(C(F)P)cc2Cl)cc1C. The van der Waals surface area contributed by atoms with Gasteiger partial charge in [-0.1, -0.05) is 40.8 Å². The molecule has 29 heavy (non-hydrogen) atoms. The second kappa shape index (κ2) is 10.9. The van der Waals surface area contributed by atoms with Crippen molar-refractivity contribution in [2.24, 2.45) is 0 Å². The Hall–Kier alpha value is -1.68. The predicted molar refractivity (Wildman–Crippen MR) is 122 cm³/mol. The van der Waals surface area contributed by atoms with Crippen LogP contribution in [0.5, 0.6) is 5.75 Å². The fourth-order valence-corrected chi connectivity index (χ4v) is 3.48. The molecule has 0 aliphatic heterocycles. The number of alkyl halides is 1. The number of carbonyl (C=O) groups excluding carboxylic acids is 1. The summed E-state index contributed by atoms with van der Waals surface area (Å²) < 4.78 is 19.3. The van der Waals surface area contributed by atoms with Crippen molar-refractivity contribution in [1.29, 1.82) is 0 Å². The summed E-state index contributed by atoms with van der Waals surface area (Å²) in [6.45, 7) is 9.70. The fourth-order valence-electron chi connectivity index (χ4n) is 3.00. The minimum Gasteiger partial charge on any atom is -0.492 e. The maximum Gasteiger partial charge on any atom is 0.259 e. The number of hydrogen-bond acceptors (Lipinski definition) is 3. The van der Waals surface area contributed by atoms with Crippen molar-refractivity contribution in [3.05, 3.63) is 58.1 Å². The van der Waals surface area contributed by atoms with Crippen LogP contribution in [-0.2, 0) is 0 Å². The Balaban J connectivity index is 2.10. The van der Waals surface area contributed by atoms with E-state index < -0.39 is 5.91 Å². The molecule has 0 fully saturated rings. The summed E-state index contributed by atoms with van der Waals surface area (Å²) in [4.78, 5) is 16.7. The van der Waals surface area contributed by atoms with Gasteiger partial charge in [0, 0.05) is 19.3 Å². The molecule has 2 aromatic rings. The number of nitrogens with zero attached hydrogens (tertiary/aromatic N) is 2. The third-order valence-electron chi connectivity index (χ3n) is 4.95. The van der Waals surface area contributed by atoms with Crippen LogP contribution in [0.25, 0.3) is 0 Å². The molecule has 0 spiro atoms. The summed E-state index contributed by atoms with van der Waals surface area (Å²) in [5, 5.41) is 0.234. The first-order chi connectivity index (χ1) is 13.8. The van der Waals surface area contributed by atoms with E-state index in [0.29, 0.717) is 17.7 Å². The molecule has 158 valence electrons. The van der Waals surface area contributed by atoms with Crippen LogP contribution in [0.4, 0.5) is 10.1 Å². The normalized spacial score (nSPS) is 12.1. The van der Waals surface area contributed by atoms with E-state index in [1.165, 1.54) is 11.0 Å². The van der Waals surface area contributed by atoms with Gasteiger partial charge in [0.2, 0.25) is 0 Å². The van der Waals surface area contributed by atoms with E-state index in [-0.39, 0.29) is 10.9 Å². The lowest BCUT2D eigenvalue weighted by molar-refractivity contribution is 0.0993. The highest BCUT2D eigenvalue weighted by Crippen LogP contribution is 2.30. The Bertz CT molecular complexity index is 844. The molecule has 2 unspecified atom stereocenters. The lowest BCUT2D eigenvalue weighted by Gasteiger charge is -2.21. The number of hydrogen-bond donors (Lipinski definition) is 0. The summed E-state index contributed by atoms with van der Waals surface area (Å²) in [7, 11) is 3.76. The molecule has 2 aromatic carbocycles. The van der Waals surface area contributed by atoms with Gasteiger partial charge in [0.25, 0.3) is 5.91 Å². The zero-order valence-electron chi connectivity index (χ0n) is 17.4. The average molecular weight is 439 g/mol. The summed E-state index contributed by atoms with van der Waals surface area (Å²) in [6, 6.07) is 10.3. The summed E-state index contributed by atoms with van der Waals surface area (Å²) in [5.41, 5.74) is 2.44. The topological polar surface area (TPSA) is 32.8 Å². The molecule has 7 heteroatoms. The van der Waals surface area contributed by atoms with Crippen LogP contribution in [0.15, 0.2) is 36.4 Å². The van der Waals surface area contributed by atoms with E-state index in [2.05, 4.69) is 28.0 Å². The van der Waals surface area contributed by atoms with Crippen LogP contribution in [0.2, 0.25) is 5.02 Å². The highest BCUT2D eigenvalue weighted by molar-refractivity contribution is 7.16. The first kappa shape index (κ1) is 23.6. The molecule has 0 heterocycles. The van der Waals surface area contributed by atoms with Crippen LogP contribution < -0.4 is 9.64 Å². The first-order valence-electron chi connectivity index (χ1n) is 9.71. The van der Waals surface area contributed by atoms with Crippen molar-refractivity contribution in [2.45, 2.75) is 26.7 Å². The van der Waals surface area contributed by atoms with Crippen molar-refractivity contribution < 1.29 is 13.9 Å². The van der Waals surface area contributed by atoms with Crippen molar-refractivity contribution in [3.8, 4) is 5.75 Å². The minimum atomic E-state index is -1.22. The Morgan fingerprint density at radius 2 is 1.90 bits per heavy atom. The molecule has 0 aliphatic carbocycles. The second-order valence-electron chi connectivity index (χ2n) is 6.83. The molecule has 0 N–H and O–H groups in total. The van der Waals surface area contributed by atoms with E-state index in [4.69, 9.17) is 16.3 Å². The number of likely N-dealkylation sites (N-methyl/N-ethyl adjacent to an activating group) is 1. The van der Waals surface area contributed by atoms with Crippen LogP contribution in [0, 0.1) is 6.92 Å². The van der Waals surface area contributed by atoms with E-state index >= 15 is 0 Å². The zero-order chi connectivity index (χ0) is 21.6. The largest absolute Gasteiger partial charge is 0.492 e. The van der Waals surface area contributed by atoms with E-state index in [9.17, 15) is 9.18 Å². The van der Waals surface area contributed by atoms with Gasteiger partial charge in [-0.2, -0.15) is 0 Å². The predicted octanol–water partition coefficient (Wildman–Crippen LogP) is 5.49. The number of carbonyl (C=O) groups is 1. The van der Waals surface area contributed by atoms with Crippen molar-refractivity contribution in [3.63, 3.8) is 0 Å². The first-order valence-corrected chi connectivity index (χ1v) is 10.8. The van der Waals surface area contributed by atoms with Crippen molar-refractivity contribution >= 4 is 32.4 Å². The zero-order valence-corrected chi connectivity index (χ0v) is 19.3. The molecule has 0 saturated carbocycles. The van der Waals surface area contributed by atoms with Gasteiger partial charge >= 0.3 is 0 Å². The molecule has 0 saturated heterocycles. The molecule has 4 nitrogen and oxygen atoms in total. The molecule has 0 bridgehead atoms. The molecule has 1 amide bonds. The number of anilines is 1. The smallest absolute Gasteiger partial charge is 0.259 e. The lowest BCUT2D eigenvalue weighted by atomic mass is 10.1. The number of ether oxygens (including phenoxy) is 1.